The Balaban J connectivity index is 2.06. The molecule has 0 saturated carbocycles. The maximum Gasteiger partial charge on any atom is 0.311 e. The molecule has 0 unspecified atom stereocenters. The van der Waals surface area contributed by atoms with Gasteiger partial charge in [0, 0.05) is 12.1 Å². The fraction of sp³-hybridized carbons (Fsp3) is 0.0769. The first-order valence-electron chi connectivity index (χ1n) is 5.82. The Bertz CT molecular complexity index is 616. The molecule has 2 rings (SSSR count). The Kier molecular flexibility index (Phi) is 4.30. The number of nitro benzene ring substituents is 2. The van der Waals surface area contributed by atoms with Crippen LogP contribution in [0, 0.1) is 20.2 Å². The number of para-hydroxylation sites is 4. The number of hydrogen-bond acceptors (Lipinski definition) is 6. The summed E-state index contributed by atoms with van der Waals surface area (Å²) in [5, 5.41) is 21.6. The van der Waals surface area contributed by atoms with Gasteiger partial charge in [-0.15, -0.1) is 0 Å². The first-order chi connectivity index (χ1) is 10.1. The molecular weight excluding hydrogens is 280 g/mol. The summed E-state index contributed by atoms with van der Waals surface area (Å²) in [5.41, 5.74) is -0.410. The highest BCUT2D eigenvalue weighted by atomic mass is 16.7. The molecule has 0 aliphatic heterocycles. The van der Waals surface area contributed by atoms with Crippen LogP contribution >= 0.6 is 0 Å². The van der Waals surface area contributed by atoms with E-state index in [0.717, 1.165) is 0 Å². The van der Waals surface area contributed by atoms with Crippen molar-refractivity contribution in [2.45, 2.75) is 0 Å². The largest absolute Gasteiger partial charge is 0.450 e. The fourth-order valence-electron chi connectivity index (χ4n) is 1.62. The van der Waals surface area contributed by atoms with E-state index in [0.29, 0.717) is 0 Å². The summed E-state index contributed by atoms with van der Waals surface area (Å²) < 4.78 is 10.3. The molecule has 108 valence electrons. The maximum absolute atomic E-state index is 10.8. The van der Waals surface area contributed by atoms with Crippen molar-refractivity contribution >= 4 is 11.4 Å². The second-order valence-corrected chi connectivity index (χ2v) is 3.86. The molecule has 0 saturated heterocycles. The summed E-state index contributed by atoms with van der Waals surface area (Å²) in [6.07, 6.45) is 0. The summed E-state index contributed by atoms with van der Waals surface area (Å²) >= 11 is 0. The van der Waals surface area contributed by atoms with Crippen LogP contribution in [0.5, 0.6) is 11.5 Å². The lowest BCUT2D eigenvalue weighted by Gasteiger charge is -2.08. The van der Waals surface area contributed by atoms with Gasteiger partial charge < -0.3 is 9.47 Å². The lowest BCUT2D eigenvalue weighted by Crippen LogP contribution is -2.08. The average molecular weight is 290 g/mol. The summed E-state index contributed by atoms with van der Waals surface area (Å²) in [6, 6.07) is 11.6. The average Bonchev–Trinajstić information content (AvgIpc) is 2.48. The third kappa shape index (κ3) is 3.44. The molecule has 0 aliphatic rings. The van der Waals surface area contributed by atoms with Crippen LogP contribution < -0.4 is 9.47 Å². The summed E-state index contributed by atoms with van der Waals surface area (Å²) in [7, 11) is 0. The Morgan fingerprint density at radius 3 is 1.52 bits per heavy atom. The Hall–Kier alpha value is -3.16. The van der Waals surface area contributed by atoms with E-state index in [1.807, 2.05) is 0 Å². The van der Waals surface area contributed by atoms with Crippen LogP contribution in [0.4, 0.5) is 11.4 Å². The predicted octanol–water partition coefficient (Wildman–Crippen LogP) is 2.92. The first kappa shape index (κ1) is 14.3. The van der Waals surface area contributed by atoms with Crippen molar-refractivity contribution in [2.75, 3.05) is 6.79 Å². The molecule has 0 aliphatic carbocycles. The molecule has 8 nitrogen and oxygen atoms in total. The van der Waals surface area contributed by atoms with Crippen LogP contribution in [0.15, 0.2) is 48.5 Å². The highest BCUT2D eigenvalue weighted by Gasteiger charge is 2.16. The van der Waals surface area contributed by atoms with E-state index < -0.39 is 9.85 Å². The van der Waals surface area contributed by atoms with Crippen LogP contribution in [0.1, 0.15) is 0 Å². The van der Waals surface area contributed by atoms with Gasteiger partial charge in [0.25, 0.3) is 0 Å². The number of nitrogens with zero attached hydrogens (tertiary/aromatic N) is 2. The number of ether oxygens (including phenoxy) is 2. The van der Waals surface area contributed by atoms with E-state index >= 15 is 0 Å². The minimum absolute atomic E-state index is 0.0288. The summed E-state index contributed by atoms with van der Waals surface area (Å²) in [5.74, 6) is 0.0576. The van der Waals surface area contributed by atoms with E-state index in [-0.39, 0.29) is 29.7 Å². The predicted molar refractivity (Wildman–Crippen MR) is 72.3 cm³/mol. The molecule has 0 amide bonds. The van der Waals surface area contributed by atoms with Crippen molar-refractivity contribution < 1.29 is 19.3 Å². The van der Waals surface area contributed by atoms with Gasteiger partial charge in [-0.3, -0.25) is 20.2 Å². The van der Waals surface area contributed by atoms with E-state index in [1.54, 1.807) is 12.1 Å². The molecule has 2 aromatic carbocycles. The van der Waals surface area contributed by atoms with Gasteiger partial charge in [-0.1, -0.05) is 24.3 Å². The molecule has 0 radical (unpaired) electrons. The Morgan fingerprint density at radius 1 is 0.762 bits per heavy atom. The molecule has 0 bridgehead atoms. The van der Waals surface area contributed by atoms with Crippen molar-refractivity contribution in [3.8, 4) is 11.5 Å². The number of nitro groups is 2. The van der Waals surface area contributed by atoms with Gasteiger partial charge >= 0.3 is 11.4 Å². The van der Waals surface area contributed by atoms with Gasteiger partial charge in [-0.05, 0) is 12.1 Å². The number of rotatable bonds is 6. The second kappa shape index (κ2) is 6.33. The molecule has 0 aromatic heterocycles. The van der Waals surface area contributed by atoms with Gasteiger partial charge in [0.05, 0.1) is 9.85 Å². The molecule has 2 aromatic rings. The molecule has 8 heteroatoms. The van der Waals surface area contributed by atoms with Crippen LogP contribution in [0.25, 0.3) is 0 Å². The summed E-state index contributed by atoms with van der Waals surface area (Å²) in [6.45, 7) is -0.379. The third-order valence-corrected chi connectivity index (χ3v) is 2.55. The quantitative estimate of drug-likeness (QED) is 0.460. The SMILES string of the molecule is O=[N+]([O-])c1ccccc1OCOc1ccccc1[N+](=O)[O-]. The van der Waals surface area contributed by atoms with Crippen LogP contribution in [-0.2, 0) is 0 Å². The van der Waals surface area contributed by atoms with Gasteiger partial charge in [0.2, 0.25) is 18.3 Å². The van der Waals surface area contributed by atoms with E-state index in [1.165, 1.54) is 36.4 Å². The molecular formula is C13H10N2O6. The van der Waals surface area contributed by atoms with E-state index in [4.69, 9.17) is 9.47 Å². The maximum atomic E-state index is 10.8. The minimum atomic E-state index is -0.583. The standard InChI is InChI=1S/C13H10N2O6/c16-14(17)10-5-1-3-7-12(10)20-9-21-13-8-4-2-6-11(13)15(18)19/h1-8H,9H2. The summed E-state index contributed by atoms with van der Waals surface area (Å²) in [4.78, 5) is 20.4. The van der Waals surface area contributed by atoms with Crippen molar-refractivity contribution in [2.24, 2.45) is 0 Å². The van der Waals surface area contributed by atoms with E-state index in [9.17, 15) is 20.2 Å². The molecule has 0 spiro atoms. The van der Waals surface area contributed by atoms with Gasteiger partial charge in [-0.25, -0.2) is 0 Å². The van der Waals surface area contributed by atoms with Gasteiger partial charge in [-0.2, -0.15) is 0 Å². The van der Waals surface area contributed by atoms with Crippen molar-refractivity contribution in [3.05, 3.63) is 68.8 Å². The number of hydrogen-bond donors (Lipinski definition) is 0. The molecule has 0 fully saturated rings. The minimum Gasteiger partial charge on any atom is -0.450 e. The third-order valence-electron chi connectivity index (χ3n) is 2.55. The van der Waals surface area contributed by atoms with Crippen LogP contribution in [-0.4, -0.2) is 16.6 Å². The second-order valence-electron chi connectivity index (χ2n) is 3.86. The molecule has 0 N–H and O–H groups in total. The van der Waals surface area contributed by atoms with Gasteiger partial charge in [0.1, 0.15) is 0 Å². The molecule has 21 heavy (non-hydrogen) atoms. The highest BCUT2D eigenvalue weighted by Crippen LogP contribution is 2.28. The lowest BCUT2D eigenvalue weighted by molar-refractivity contribution is -0.386. The fourth-order valence-corrected chi connectivity index (χ4v) is 1.62. The number of benzene rings is 2. The van der Waals surface area contributed by atoms with Crippen molar-refractivity contribution in [1.82, 2.24) is 0 Å². The van der Waals surface area contributed by atoms with Gasteiger partial charge in [0.15, 0.2) is 0 Å². The first-order valence-corrected chi connectivity index (χ1v) is 5.82. The Morgan fingerprint density at radius 2 is 1.14 bits per heavy atom. The zero-order chi connectivity index (χ0) is 15.2. The zero-order valence-corrected chi connectivity index (χ0v) is 10.7. The molecule has 0 atom stereocenters. The topological polar surface area (TPSA) is 105 Å². The van der Waals surface area contributed by atoms with Crippen molar-refractivity contribution in [3.63, 3.8) is 0 Å². The Labute approximate surface area is 118 Å². The smallest absolute Gasteiger partial charge is 0.311 e. The van der Waals surface area contributed by atoms with Crippen molar-refractivity contribution in [1.29, 1.82) is 0 Å². The molecule has 0 heterocycles. The monoisotopic (exact) mass is 290 g/mol. The lowest BCUT2D eigenvalue weighted by atomic mass is 10.3. The van der Waals surface area contributed by atoms with E-state index in [2.05, 4.69) is 0 Å². The van der Waals surface area contributed by atoms with Crippen LogP contribution in [0.2, 0.25) is 0 Å². The highest BCUT2D eigenvalue weighted by molar-refractivity contribution is 5.46. The van der Waals surface area contributed by atoms with Crippen LogP contribution in [0.3, 0.4) is 0 Å². The normalized spacial score (nSPS) is 9.90. The zero-order valence-electron chi connectivity index (χ0n) is 10.7.